The van der Waals surface area contributed by atoms with E-state index in [0.29, 0.717) is 6.42 Å². The summed E-state index contributed by atoms with van der Waals surface area (Å²) in [5.74, 6) is 0. The quantitative estimate of drug-likeness (QED) is 0.811. The molecule has 2 rings (SSSR count). The summed E-state index contributed by atoms with van der Waals surface area (Å²) in [5, 5.41) is 9.46. The molecular weight excluding hydrogens is 367 g/mol. The van der Waals surface area contributed by atoms with Crippen molar-refractivity contribution in [2.24, 2.45) is 0 Å². The second-order valence-corrected chi connectivity index (χ2v) is 7.70. The summed E-state index contributed by atoms with van der Waals surface area (Å²) in [4.78, 5) is 12.2. The van der Waals surface area contributed by atoms with Gasteiger partial charge in [-0.05, 0) is 24.6 Å². The van der Waals surface area contributed by atoms with Crippen LogP contribution in [0.4, 0.5) is 4.79 Å². The van der Waals surface area contributed by atoms with E-state index in [0.717, 1.165) is 4.90 Å². The number of hydrogen-bond donors (Lipinski definition) is 2. The van der Waals surface area contributed by atoms with Crippen LogP contribution in [0.2, 0.25) is 10.0 Å². The standard InChI is InChI=1S/C13H16Cl2N2O5S/c1-22-7-10-5-9(6-17(10)13(18)19)16-23(20,21)12-4-8(14)2-3-11(12)15/h2-4,9-10,16H,5-7H2,1H3,(H,18,19)/t9-,10-/m1/s1. The van der Waals surface area contributed by atoms with Crippen LogP contribution in [-0.2, 0) is 14.8 Å². The monoisotopic (exact) mass is 382 g/mol. The fourth-order valence-electron chi connectivity index (χ4n) is 2.55. The number of halogens is 2. The van der Waals surface area contributed by atoms with E-state index in [2.05, 4.69) is 4.72 Å². The molecule has 7 nitrogen and oxygen atoms in total. The van der Waals surface area contributed by atoms with E-state index in [9.17, 15) is 18.3 Å². The summed E-state index contributed by atoms with van der Waals surface area (Å²) in [6.07, 6.45) is -0.799. The number of rotatable bonds is 5. The Kier molecular flexibility index (Phi) is 5.74. The molecule has 2 atom stereocenters. The summed E-state index contributed by atoms with van der Waals surface area (Å²) in [5.41, 5.74) is 0. The minimum Gasteiger partial charge on any atom is -0.465 e. The van der Waals surface area contributed by atoms with Gasteiger partial charge in [0.15, 0.2) is 0 Å². The molecule has 2 N–H and O–H groups in total. The molecule has 10 heteroatoms. The summed E-state index contributed by atoms with van der Waals surface area (Å²) >= 11 is 11.7. The van der Waals surface area contributed by atoms with Crippen molar-refractivity contribution in [2.75, 3.05) is 20.3 Å². The van der Waals surface area contributed by atoms with Crippen LogP contribution in [0.5, 0.6) is 0 Å². The predicted molar refractivity (Wildman–Crippen MR) is 85.6 cm³/mol. The normalized spacial score (nSPS) is 21.6. The van der Waals surface area contributed by atoms with E-state index < -0.39 is 28.2 Å². The highest BCUT2D eigenvalue weighted by atomic mass is 35.5. The average molecular weight is 383 g/mol. The first kappa shape index (κ1) is 18.3. The van der Waals surface area contributed by atoms with Gasteiger partial charge in [0.1, 0.15) is 4.90 Å². The molecule has 1 aliphatic rings. The third-order valence-corrected chi connectivity index (χ3v) is 5.76. The number of carbonyl (C=O) groups is 1. The Hall–Kier alpha value is -1.06. The van der Waals surface area contributed by atoms with Gasteiger partial charge in [0, 0.05) is 24.7 Å². The molecule has 1 aromatic rings. The fraction of sp³-hybridized carbons (Fsp3) is 0.462. The lowest BCUT2D eigenvalue weighted by Gasteiger charge is -2.19. The third-order valence-electron chi connectivity index (χ3n) is 3.52. The summed E-state index contributed by atoms with van der Waals surface area (Å²) in [6.45, 7) is 0.239. The Bertz CT molecular complexity index is 698. The van der Waals surface area contributed by atoms with Gasteiger partial charge in [0.25, 0.3) is 0 Å². The second kappa shape index (κ2) is 7.23. The van der Waals surface area contributed by atoms with Gasteiger partial charge in [-0.15, -0.1) is 0 Å². The number of hydrogen-bond acceptors (Lipinski definition) is 4. The molecule has 23 heavy (non-hydrogen) atoms. The number of nitrogens with one attached hydrogen (secondary N) is 1. The molecule has 0 aromatic heterocycles. The Balaban J connectivity index is 2.18. The second-order valence-electron chi connectivity index (χ2n) is 5.17. The Morgan fingerprint density at radius 2 is 2.17 bits per heavy atom. The van der Waals surface area contributed by atoms with E-state index in [1.165, 1.54) is 25.3 Å². The molecule has 1 amide bonds. The number of nitrogens with zero attached hydrogens (tertiary/aromatic N) is 1. The van der Waals surface area contributed by atoms with Crippen LogP contribution in [-0.4, -0.2) is 56.9 Å². The number of ether oxygens (including phenoxy) is 1. The van der Waals surface area contributed by atoms with E-state index >= 15 is 0 Å². The number of methoxy groups -OCH3 is 1. The first-order valence-electron chi connectivity index (χ1n) is 6.70. The zero-order chi connectivity index (χ0) is 17.2. The topological polar surface area (TPSA) is 95.9 Å². The molecular formula is C13H16Cl2N2O5S. The predicted octanol–water partition coefficient (Wildman–Crippen LogP) is 2.04. The Labute approximate surface area is 144 Å². The third kappa shape index (κ3) is 4.27. The SMILES string of the molecule is COC[C@H]1C[C@@H](NS(=O)(=O)c2cc(Cl)ccc2Cl)CN1C(=O)O. The largest absolute Gasteiger partial charge is 0.465 e. The molecule has 0 aliphatic carbocycles. The van der Waals surface area contributed by atoms with Gasteiger partial charge < -0.3 is 14.7 Å². The first-order chi connectivity index (χ1) is 10.7. The summed E-state index contributed by atoms with van der Waals surface area (Å²) in [7, 11) is -2.45. The van der Waals surface area contributed by atoms with Crippen LogP contribution in [0.15, 0.2) is 23.1 Å². The zero-order valence-electron chi connectivity index (χ0n) is 12.2. The molecule has 1 fully saturated rings. The van der Waals surface area contributed by atoms with Crippen LogP contribution in [0.1, 0.15) is 6.42 Å². The maximum atomic E-state index is 12.5. The van der Waals surface area contributed by atoms with Crippen molar-refractivity contribution in [3.05, 3.63) is 28.2 Å². The van der Waals surface area contributed by atoms with Crippen molar-refractivity contribution in [1.82, 2.24) is 9.62 Å². The first-order valence-corrected chi connectivity index (χ1v) is 8.94. The molecule has 1 aliphatic heterocycles. The minimum atomic E-state index is -3.91. The molecule has 0 radical (unpaired) electrons. The molecule has 0 bridgehead atoms. The van der Waals surface area contributed by atoms with E-state index in [1.54, 1.807) is 0 Å². The number of sulfonamides is 1. The number of benzene rings is 1. The van der Waals surface area contributed by atoms with Crippen molar-refractivity contribution in [3.8, 4) is 0 Å². The van der Waals surface area contributed by atoms with Gasteiger partial charge in [0.2, 0.25) is 10.0 Å². The van der Waals surface area contributed by atoms with E-state index in [4.69, 9.17) is 27.9 Å². The van der Waals surface area contributed by atoms with Gasteiger partial charge in [-0.3, -0.25) is 0 Å². The average Bonchev–Trinajstić information content (AvgIpc) is 2.84. The van der Waals surface area contributed by atoms with Crippen LogP contribution >= 0.6 is 23.2 Å². The molecule has 1 saturated heterocycles. The van der Waals surface area contributed by atoms with Crippen LogP contribution in [0, 0.1) is 0 Å². The highest BCUT2D eigenvalue weighted by Crippen LogP contribution is 2.26. The maximum Gasteiger partial charge on any atom is 0.407 e. The van der Waals surface area contributed by atoms with Crippen molar-refractivity contribution in [3.63, 3.8) is 0 Å². The zero-order valence-corrected chi connectivity index (χ0v) is 14.5. The highest BCUT2D eigenvalue weighted by Gasteiger charge is 2.37. The number of likely N-dealkylation sites (tertiary alicyclic amines) is 1. The van der Waals surface area contributed by atoms with Gasteiger partial charge in [-0.1, -0.05) is 23.2 Å². The van der Waals surface area contributed by atoms with Gasteiger partial charge >= 0.3 is 6.09 Å². The molecule has 0 spiro atoms. The molecule has 0 saturated carbocycles. The summed E-state index contributed by atoms with van der Waals surface area (Å²) < 4.78 is 32.4. The number of amides is 1. The smallest absolute Gasteiger partial charge is 0.407 e. The Morgan fingerprint density at radius 3 is 2.78 bits per heavy atom. The van der Waals surface area contributed by atoms with Crippen molar-refractivity contribution >= 4 is 39.3 Å². The molecule has 128 valence electrons. The van der Waals surface area contributed by atoms with Crippen LogP contribution in [0.25, 0.3) is 0 Å². The molecule has 1 heterocycles. The maximum absolute atomic E-state index is 12.5. The lowest BCUT2D eigenvalue weighted by Crippen LogP contribution is -2.39. The Morgan fingerprint density at radius 1 is 1.48 bits per heavy atom. The van der Waals surface area contributed by atoms with Crippen molar-refractivity contribution in [1.29, 1.82) is 0 Å². The molecule has 1 aromatic carbocycles. The lowest BCUT2D eigenvalue weighted by atomic mass is 10.2. The summed E-state index contributed by atoms with van der Waals surface area (Å²) in [6, 6.07) is 3.17. The van der Waals surface area contributed by atoms with Crippen LogP contribution < -0.4 is 4.72 Å². The number of carboxylic acid groups (broad SMARTS) is 1. The highest BCUT2D eigenvalue weighted by molar-refractivity contribution is 7.89. The fourth-order valence-corrected chi connectivity index (χ4v) is 4.56. The van der Waals surface area contributed by atoms with Gasteiger partial charge in [-0.25, -0.2) is 17.9 Å². The van der Waals surface area contributed by atoms with Crippen molar-refractivity contribution < 1.29 is 23.1 Å². The molecule has 0 unspecified atom stereocenters. The van der Waals surface area contributed by atoms with Gasteiger partial charge in [-0.2, -0.15) is 0 Å². The van der Waals surface area contributed by atoms with Gasteiger partial charge in [0.05, 0.1) is 17.7 Å². The lowest BCUT2D eigenvalue weighted by molar-refractivity contribution is 0.0990. The van der Waals surface area contributed by atoms with Crippen molar-refractivity contribution in [2.45, 2.75) is 23.4 Å². The van der Waals surface area contributed by atoms with E-state index in [-0.39, 0.29) is 28.1 Å². The minimum absolute atomic E-state index is 0.0424. The van der Waals surface area contributed by atoms with E-state index in [1.807, 2.05) is 0 Å². The van der Waals surface area contributed by atoms with Crippen LogP contribution in [0.3, 0.4) is 0 Å².